The monoisotopic (exact) mass is 293 g/mol. The van der Waals surface area contributed by atoms with Gasteiger partial charge in [0.2, 0.25) is 0 Å². The molecule has 0 atom stereocenters. The fraction of sp³-hybridized carbons (Fsp3) is 0.111. The van der Waals surface area contributed by atoms with Gasteiger partial charge in [-0.15, -0.1) is 0 Å². The van der Waals surface area contributed by atoms with E-state index in [0.29, 0.717) is 17.1 Å². The number of rotatable bonds is 3. The lowest BCUT2D eigenvalue weighted by Gasteiger charge is -2.21. The van der Waals surface area contributed by atoms with Crippen LogP contribution in [0.2, 0.25) is 0 Å². The highest BCUT2D eigenvalue weighted by molar-refractivity contribution is 5.86. The number of nitrogens with two attached hydrogens (primary N) is 2. The minimum Gasteiger partial charge on any atom is -0.454 e. The number of likely N-dealkylation sites (N-methyl/N-ethyl adjacent to an activating group) is 1. The first-order chi connectivity index (χ1) is 10.6. The quantitative estimate of drug-likeness (QED) is 0.850. The molecule has 2 aromatic carbocycles. The Bertz CT molecular complexity index is 735. The highest BCUT2D eigenvalue weighted by atomic mass is 16.5. The van der Waals surface area contributed by atoms with Crippen molar-refractivity contribution in [2.24, 2.45) is 0 Å². The van der Waals surface area contributed by atoms with E-state index >= 15 is 0 Å². The van der Waals surface area contributed by atoms with Crippen LogP contribution in [0.1, 0.15) is 5.56 Å². The fourth-order valence-electron chi connectivity index (χ4n) is 2.40. The molecule has 1 aliphatic heterocycles. The SMILES string of the molecule is CN1C=C(c2ccc(N)c(N)c2Oc2ccccc2)C=CC1. The molecule has 3 rings (SSSR count). The molecule has 0 aromatic heterocycles. The molecule has 4 heteroatoms. The Labute approximate surface area is 130 Å². The average Bonchev–Trinajstić information content (AvgIpc) is 2.53. The number of anilines is 2. The van der Waals surface area contributed by atoms with E-state index in [2.05, 4.69) is 23.3 Å². The maximum Gasteiger partial charge on any atom is 0.160 e. The van der Waals surface area contributed by atoms with Crippen LogP contribution in [-0.4, -0.2) is 18.5 Å². The van der Waals surface area contributed by atoms with Gasteiger partial charge in [-0.05, 0) is 24.3 Å². The summed E-state index contributed by atoms with van der Waals surface area (Å²) in [6.07, 6.45) is 6.25. The lowest BCUT2D eigenvalue weighted by Crippen LogP contribution is -2.14. The maximum absolute atomic E-state index is 6.16. The second-order valence-corrected chi connectivity index (χ2v) is 5.29. The summed E-state index contributed by atoms with van der Waals surface area (Å²) in [5.41, 5.74) is 15.1. The van der Waals surface area contributed by atoms with E-state index in [4.69, 9.17) is 16.2 Å². The summed E-state index contributed by atoms with van der Waals surface area (Å²) < 4.78 is 6.01. The molecule has 4 N–H and O–H groups in total. The highest BCUT2D eigenvalue weighted by Crippen LogP contribution is 2.39. The topological polar surface area (TPSA) is 64.5 Å². The van der Waals surface area contributed by atoms with Gasteiger partial charge in [0, 0.05) is 30.9 Å². The van der Waals surface area contributed by atoms with E-state index in [1.54, 1.807) is 0 Å². The van der Waals surface area contributed by atoms with Crippen LogP contribution in [0, 0.1) is 0 Å². The Balaban J connectivity index is 2.07. The van der Waals surface area contributed by atoms with Gasteiger partial charge in [0.1, 0.15) is 5.75 Å². The molecule has 112 valence electrons. The Hall–Kier alpha value is -2.88. The molecule has 4 nitrogen and oxygen atoms in total. The van der Waals surface area contributed by atoms with Crippen LogP contribution in [0.15, 0.2) is 60.8 Å². The molecule has 0 saturated heterocycles. The molecule has 0 bridgehead atoms. The Morgan fingerprint density at radius 2 is 1.82 bits per heavy atom. The number of hydrogen-bond acceptors (Lipinski definition) is 4. The first-order valence-corrected chi connectivity index (χ1v) is 7.15. The molecule has 0 spiro atoms. The van der Waals surface area contributed by atoms with E-state index in [1.807, 2.05) is 49.5 Å². The van der Waals surface area contributed by atoms with Crippen LogP contribution in [0.4, 0.5) is 11.4 Å². The molecule has 0 aliphatic carbocycles. The summed E-state index contributed by atoms with van der Waals surface area (Å²) in [4.78, 5) is 2.11. The molecule has 0 radical (unpaired) electrons. The minimum absolute atomic E-state index is 0.462. The maximum atomic E-state index is 6.16. The highest BCUT2D eigenvalue weighted by Gasteiger charge is 2.16. The van der Waals surface area contributed by atoms with Gasteiger partial charge >= 0.3 is 0 Å². The number of allylic oxidation sites excluding steroid dienone is 2. The smallest absolute Gasteiger partial charge is 0.160 e. The summed E-state index contributed by atoms with van der Waals surface area (Å²) in [5, 5.41) is 0. The summed E-state index contributed by atoms with van der Waals surface area (Å²) >= 11 is 0. The zero-order chi connectivity index (χ0) is 15.5. The first-order valence-electron chi connectivity index (χ1n) is 7.15. The van der Waals surface area contributed by atoms with Crippen molar-refractivity contribution < 1.29 is 4.74 Å². The lowest BCUT2D eigenvalue weighted by molar-refractivity contribution is 0.482. The normalized spacial score (nSPS) is 13.9. The molecular formula is C18H19N3O. The van der Waals surface area contributed by atoms with Crippen molar-refractivity contribution in [3.05, 3.63) is 66.4 Å². The zero-order valence-electron chi connectivity index (χ0n) is 12.5. The van der Waals surface area contributed by atoms with Crippen LogP contribution in [0.3, 0.4) is 0 Å². The summed E-state index contributed by atoms with van der Waals surface area (Å²) in [6.45, 7) is 0.892. The number of ether oxygens (including phenoxy) is 1. The van der Waals surface area contributed by atoms with Gasteiger partial charge in [-0.3, -0.25) is 0 Å². The van der Waals surface area contributed by atoms with Gasteiger partial charge in [0.25, 0.3) is 0 Å². The van der Waals surface area contributed by atoms with Crippen LogP contribution in [0.5, 0.6) is 11.5 Å². The average molecular weight is 293 g/mol. The van der Waals surface area contributed by atoms with Crippen LogP contribution in [-0.2, 0) is 0 Å². The number of para-hydroxylation sites is 1. The number of benzene rings is 2. The van der Waals surface area contributed by atoms with Gasteiger partial charge in [-0.25, -0.2) is 0 Å². The Morgan fingerprint density at radius 3 is 2.55 bits per heavy atom. The predicted molar refractivity (Wildman–Crippen MR) is 91.5 cm³/mol. The number of nitrogens with zero attached hydrogens (tertiary/aromatic N) is 1. The van der Waals surface area contributed by atoms with E-state index < -0.39 is 0 Å². The van der Waals surface area contributed by atoms with Gasteiger partial charge in [-0.2, -0.15) is 0 Å². The molecule has 0 saturated carbocycles. The van der Waals surface area contributed by atoms with Crippen molar-refractivity contribution >= 4 is 16.9 Å². The van der Waals surface area contributed by atoms with Crippen molar-refractivity contribution in [3.8, 4) is 11.5 Å². The molecule has 0 unspecified atom stereocenters. The van der Waals surface area contributed by atoms with Crippen LogP contribution < -0.4 is 16.2 Å². The molecule has 0 amide bonds. The minimum atomic E-state index is 0.462. The van der Waals surface area contributed by atoms with Gasteiger partial charge < -0.3 is 21.1 Å². The van der Waals surface area contributed by atoms with E-state index in [1.165, 1.54) is 0 Å². The molecule has 2 aromatic rings. The third-order valence-electron chi connectivity index (χ3n) is 3.55. The van der Waals surface area contributed by atoms with E-state index in [9.17, 15) is 0 Å². The van der Waals surface area contributed by atoms with Crippen molar-refractivity contribution in [3.63, 3.8) is 0 Å². The van der Waals surface area contributed by atoms with E-state index in [0.717, 1.165) is 23.4 Å². The number of nitrogen functional groups attached to an aromatic ring is 2. The molecule has 1 aliphatic rings. The van der Waals surface area contributed by atoms with Crippen LogP contribution >= 0.6 is 0 Å². The Morgan fingerprint density at radius 1 is 1.05 bits per heavy atom. The number of hydrogen-bond donors (Lipinski definition) is 2. The summed E-state index contributed by atoms with van der Waals surface area (Å²) in [6, 6.07) is 13.3. The molecule has 0 fully saturated rings. The predicted octanol–water partition coefficient (Wildman–Crippen LogP) is 3.49. The molecule has 1 heterocycles. The van der Waals surface area contributed by atoms with Gasteiger partial charge in [0.05, 0.1) is 11.4 Å². The third kappa shape index (κ3) is 2.76. The molecule has 22 heavy (non-hydrogen) atoms. The lowest BCUT2D eigenvalue weighted by atomic mass is 10.0. The van der Waals surface area contributed by atoms with Crippen molar-refractivity contribution in [2.75, 3.05) is 25.1 Å². The summed E-state index contributed by atoms with van der Waals surface area (Å²) in [7, 11) is 2.03. The largest absolute Gasteiger partial charge is 0.454 e. The van der Waals surface area contributed by atoms with Gasteiger partial charge in [0.15, 0.2) is 5.75 Å². The van der Waals surface area contributed by atoms with Crippen molar-refractivity contribution in [2.45, 2.75) is 0 Å². The second-order valence-electron chi connectivity index (χ2n) is 5.29. The molecular weight excluding hydrogens is 274 g/mol. The fourth-order valence-corrected chi connectivity index (χ4v) is 2.40. The third-order valence-corrected chi connectivity index (χ3v) is 3.55. The summed E-state index contributed by atoms with van der Waals surface area (Å²) in [5.74, 6) is 1.33. The second kappa shape index (κ2) is 5.85. The Kier molecular flexibility index (Phi) is 3.74. The van der Waals surface area contributed by atoms with Crippen LogP contribution in [0.25, 0.3) is 5.57 Å². The van der Waals surface area contributed by atoms with Crippen molar-refractivity contribution in [1.29, 1.82) is 0 Å². The van der Waals surface area contributed by atoms with Crippen molar-refractivity contribution in [1.82, 2.24) is 4.90 Å². The first kappa shape index (κ1) is 14.1. The zero-order valence-corrected chi connectivity index (χ0v) is 12.5. The van der Waals surface area contributed by atoms with E-state index in [-0.39, 0.29) is 0 Å². The van der Waals surface area contributed by atoms with Gasteiger partial charge in [-0.1, -0.05) is 30.4 Å². The standard InChI is InChI=1S/C18H19N3O/c1-21-11-5-6-13(12-21)15-9-10-16(19)17(20)18(15)22-14-7-3-2-4-8-14/h2-10,12H,11,19-20H2,1H3.